The monoisotopic (exact) mass is 268 g/mol. The first kappa shape index (κ1) is 13.8. The van der Waals surface area contributed by atoms with Gasteiger partial charge in [-0.1, -0.05) is 24.6 Å². The largest absolute Gasteiger partial charge is 0.416 e. The molecule has 4 heteroatoms. The van der Waals surface area contributed by atoms with Crippen LogP contribution in [0.1, 0.15) is 43.2 Å². The number of rotatable bonds is 1. The average Bonchev–Trinajstić information content (AvgIpc) is 2.54. The number of allylic oxidation sites excluding steroid dienone is 1. The molecule has 0 atom stereocenters. The summed E-state index contributed by atoms with van der Waals surface area (Å²) in [4.78, 5) is 11.8. The van der Waals surface area contributed by atoms with Crippen LogP contribution in [0.15, 0.2) is 29.8 Å². The Balaban J connectivity index is 2.39. The number of hydrogen-bond donors (Lipinski definition) is 0. The summed E-state index contributed by atoms with van der Waals surface area (Å²) >= 11 is 0. The summed E-state index contributed by atoms with van der Waals surface area (Å²) in [6, 6.07) is 5.38. The van der Waals surface area contributed by atoms with Gasteiger partial charge in [0.2, 0.25) is 0 Å². The Morgan fingerprint density at radius 1 is 1.00 bits per heavy atom. The van der Waals surface area contributed by atoms with E-state index >= 15 is 0 Å². The molecule has 1 nitrogen and oxygen atoms in total. The molecule has 0 unspecified atom stereocenters. The Kier molecular flexibility index (Phi) is 4.08. The highest BCUT2D eigenvalue weighted by molar-refractivity contribution is 5.99. The van der Waals surface area contributed by atoms with Crippen molar-refractivity contribution in [2.24, 2.45) is 0 Å². The van der Waals surface area contributed by atoms with Gasteiger partial charge in [-0.05, 0) is 42.5 Å². The average molecular weight is 268 g/mol. The zero-order valence-corrected chi connectivity index (χ0v) is 10.5. The van der Waals surface area contributed by atoms with Crippen molar-refractivity contribution in [1.82, 2.24) is 0 Å². The van der Waals surface area contributed by atoms with Gasteiger partial charge < -0.3 is 0 Å². The van der Waals surface area contributed by atoms with E-state index in [1.54, 1.807) is 6.07 Å². The van der Waals surface area contributed by atoms with E-state index in [1.807, 2.05) is 0 Å². The lowest BCUT2D eigenvalue weighted by molar-refractivity contribution is -0.137. The van der Waals surface area contributed by atoms with Gasteiger partial charge in [0.25, 0.3) is 0 Å². The molecule has 0 aliphatic heterocycles. The second-order valence-corrected chi connectivity index (χ2v) is 4.74. The Bertz CT molecular complexity index is 500. The van der Waals surface area contributed by atoms with E-state index in [4.69, 9.17) is 0 Å². The van der Waals surface area contributed by atoms with Gasteiger partial charge in [0.05, 0.1) is 5.56 Å². The molecule has 1 aromatic rings. The number of ketones is 1. The molecule has 102 valence electrons. The molecule has 0 N–H and O–H groups in total. The van der Waals surface area contributed by atoms with Crippen LogP contribution < -0.4 is 0 Å². The number of carbonyl (C=O) groups is 1. The number of alkyl halides is 3. The quantitative estimate of drug-likeness (QED) is 0.536. The molecule has 1 fully saturated rings. The van der Waals surface area contributed by atoms with Gasteiger partial charge in [-0.2, -0.15) is 13.2 Å². The van der Waals surface area contributed by atoms with Gasteiger partial charge in [0, 0.05) is 6.42 Å². The van der Waals surface area contributed by atoms with Crippen molar-refractivity contribution < 1.29 is 18.0 Å². The molecule has 2 rings (SSSR count). The summed E-state index contributed by atoms with van der Waals surface area (Å²) in [6.07, 6.45) is 0.704. The second-order valence-electron chi connectivity index (χ2n) is 4.74. The maximum atomic E-state index is 12.9. The van der Waals surface area contributed by atoms with Crippen molar-refractivity contribution in [3.8, 4) is 0 Å². The van der Waals surface area contributed by atoms with Gasteiger partial charge >= 0.3 is 6.18 Å². The molecule has 0 heterocycles. The summed E-state index contributed by atoms with van der Waals surface area (Å²) in [6.45, 7) is 0. The third-order valence-electron chi connectivity index (χ3n) is 3.30. The minimum absolute atomic E-state index is 0.0190. The van der Waals surface area contributed by atoms with Crippen LogP contribution in [0.4, 0.5) is 13.2 Å². The van der Waals surface area contributed by atoms with Crippen molar-refractivity contribution in [1.29, 1.82) is 0 Å². The van der Waals surface area contributed by atoms with Gasteiger partial charge in [-0.25, -0.2) is 0 Å². The first-order valence-corrected chi connectivity index (χ1v) is 6.38. The van der Waals surface area contributed by atoms with Crippen LogP contribution in [0.3, 0.4) is 0 Å². The lowest BCUT2D eigenvalue weighted by Crippen LogP contribution is -2.08. The number of benzene rings is 1. The molecule has 1 aliphatic carbocycles. The molecule has 0 amide bonds. The maximum Gasteiger partial charge on any atom is 0.416 e. The van der Waals surface area contributed by atoms with Gasteiger partial charge in [-0.15, -0.1) is 0 Å². The third kappa shape index (κ3) is 3.46. The standard InChI is InChI=1S/C15H15F3O/c16-15(17,18)13-8-5-4-6-11(13)10-12-7-2-1-3-9-14(12)19/h4-6,8,10H,1-3,7,9H2/b12-10+. The smallest absolute Gasteiger partial charge is 0.295 e. The zero-order chi connectivity index (χ0) is 13.9. The van der Waals surface area contributed by atoms with E-state index in [0.717, 1.165) is 25.3 Å². The molecular weight excluding hydrogens is 253 g/mol. The molecule has 0 spiro atoms. The predicted molar refractivity (Wildman–Crippen MR) is 67.5 cm³/mol. The fourth-order valence-corrected chi connectivity index (χ4v) is 2.30. The Hall–Kier alpha value is -1.58. The van der Waals surface area contributed by atoms with Crippen LogP contribution in [0.2, 0.25) is 0 Å². The normalized spacial score (nSPS) is 19.5. The van der Waals surface area contributed by atoms with E-state index in [-0.39, 0.29) is 11.3 Å². The minimum atomic E-state index is -4.39. The Morgan fingerprint density at radius 2 is 1.68 bits per heavy atom. The summed E-state index contributed by atoms with van der Waals surface area (Å²) < 4.78 is 38.6. The maximum absolute atomic E-state index is 12.9. The van der Waals surface area contributed by atoms with E-state index in [0.29, 0.717) is 18.4 Å². The summed E-state index contributed by atoms with van der Waals surface area (Å²) in [5, 5.41) is 0. The lowest BCUT2D eigenvalue weighted by atomic mass is 9.99. The topological polar surface area (TPSA) is 17.1 Å². The van der Waals surface area contributed by atoms with Crippen LogP contribution in [0, 0.1) is 0 Å². The molecule has 0 radical (unpaired) electrons. The van der Waals surface area contributed by atoms with Crippen molar-refractivity contribution >= 4 is 11.9 Å². The van der Waals surface area contributed by atoms with E-state index < -0.39 is 11.7 Å². The third-order valence-corrected chi connectivity index (χ3v) is 3.30. The predicted octanol–water partition coefficient (Wildman–Crippen LogP) is 4.62. The van der Waals surface area contributed by atoms with Crippen LogP contribution in [0.25, 0.3) is 6.08 Å². The molecule has 0 bridgehead atoms. The molecule has 0 saturated heterocycles. The highest BCUT2D eigenvalue weighted by atomic mass is 19.4. The second kappa shape index (κ2) is 5.59. The fraction of sp³-hybridized carbons (Fsp3) is 0.400. The van der Waals surface area contributed by atoms with E-state index in [2.05, 4.69) is 0 Å². The van der Waals surface area contributed by atoms with Gasteiger partial charge in [-0.3, -0.25) is 4.79 Å². The lowest BCUT2D eigenvalue weighted by Gasteiger charge is -2.11. The number of halogens is 3. The van der Waals surface area contributed by atoms with Crippen molar-refractivity contribution in [3.63, 3.8) is 0 Å². The molecular formula is C15H15F3O. The fourth-order valence-electron chi connectivity index (χ4n) is 2.30. The van der Waals surface area contributed by atoms with E-state index in [1.165, 1.54) is 18.2 Å². The van der Waals surface area contributed by atoms with Gasteiger partial charge in [0.15, 0.2) is 5.78 Å². The summed E-state index contributed by atoms with van der Waals surface area (Å²) in [5.41, 5.74) is -0.0750. The van der Waals surface area contributed by atoms with Crippen LogP contribution in [-0.2, 0) is 11.0 Å². The van der Waals surface area contributed by atoms with Gasteiger partial charge in [0.1, 0.15) is 0 Å². The van der Waals surface area contributed by atoms with Crippen molar-refractivity contribution in [3.05, 3.63) is 41.0 Å². The molecule has 1 aliphatic rings. The number of Topliss-reactive ketones (excluding diaryl/α,β-unsaturated/α-hetero) is 1. The van der Waals surface area contributed by atoms with Crippen LogP contribution in [0.5, 0.6) is 0 Å². The molecule has 0 aromatic heterocycles. The highest BCUT2D eigenvalue weighted by Gasteiger charge is 2.32. The number of carbonyl (C=O) groups excluding carboxylic acids is 1. The molecule has 1 saturated carbocycles. The minimum Gasteiger partial charge on any atom is -0.295 e. The van der Waals surface area contributed by atoms with Crippen molar-refractivity contribution in [2.75, 3.05) is 0 Å². The SMILES string of the molecule is O=C1CCCCC/C1=C\c1ccccc1C(F)(F)F. The number of hydrogen-bond acceptors (Lipinski definition) is 1. The summed E-state index contributed by atoms with van der Waals surface area (Å²) in [5.74, 6) is -0.0190. The molecule has 1 aromatic carbocycles. The summed E-state index contributed by atoms with van der Waals surface area (Å²) in [7, 11) is 0. The molecule has 19 heavy (non-hydrogen) atoms. The Labute approximate surface area is 110 Å². The Morgan fingerprint density at radius 3 is 2.42 bits per heavy atom. The van der Waals surface area contributed by atoms with E-state index in [9.17, 15) is 18.0 Å². The first-order valence-electron chi connectivity index (χ1n) is 6.38. The first-order chi connectivity index (χ1) is 8.98. The van der Waals surface area contributed by atoms with Crippen molar-refractivity contribution in [2.45, 2.75) is 38.3 Å². The highest BCUT2D eigenvalue weighted by Crippen LogP contribution is 2.33. The van der Waals surface area contributed by atoms with Crippen LogP contribution in [-0.4, -0.2) is 5.78 Å². The zero-order valence-electron chi connectivity index (χ0n) is 10.5. The van der Waals surface area contributed by atoms with Crippen LogP contribution >= 0.6 is 0 Å².